The normalized spacial score (nSPS) is 16.4. The van der Waals surface area contributed by atoms with Crippen LogP contribution in [-0.4, -0.2) is 53.6 Å². The number of alkyl halides is 2. The number of aromatic nitrogens is 2. The largest absolute Gasteiger partial charge is 0.333 e. The lowest BCUT2D eigenvalue weighted by molar-refractivity contribution is 0.0538. The molecule has 10 heteroatoms. The summed E-state index contributed by atoms with van der Waals surface area (Å²) in [6, 6.07) is 8.12. The molecular formula is C18H25ClF2N4O2S. The molecule has 0 saturated carbocycles. The van der Waals surface area contributed by atoms with Gasteiger partial charge in [0.1, 0.15) is 4.90 Å². The van der Waals surface area contributed by atoms with Crippen molar-refractivity contribution in [3.8, 4) is 0 Å². The predicted molar refractivity (Wildman–Crippen MR) is 105 cm³/mol. The fourth-order valence-corrected chi connectivity index (χ4v) is 5.28. The van der Waals surface area contributed by atoms with Crippen molar-refractivity contribution >= 4 is 22.4 Å². The van der Waals surface area contributed by atoms with Crippen molar-refractivity contribution in [3.63, 3.8) is 0 Å². The Kier molecular flexibility index (Phi) is 7.19. The van der Waals surface area contributed by atoms with E-state index < -0.39 is 16.6 Å². The molecule has 28 heavy (non-hydrogen) atoms. The summed E-state index contributed by atoms with van der Waals surface area (Å²) in [7, 11) is -3.85. The quantitative estimate of drug-likeness (QED) is 0.725. The minimum atomic E-state index is -3.85. The highest BCUT2D eigenvalue weighted by Gasteiger charge is 2.34. The summed E-state index contributed by atoms with van der Waals surface area (Å²) in [5.74, 6) is 0. The van der Waals surface area contributed by atoms with Gasteiger partial charge in [-0.2, -0.15) is 18.2 Å². The summed E-state index contributed by atoms with van der Waals surface area (Å²) in [5.41, 5.74) is 2.51. The third-order valence-corrected chi connectivity index (χ3v) is 7.18. The number of rotatable bonds is 5. The van der Waals surface area contributed by atoms with E-state index in [1.54, 1.807) is 0 Å². The first-order valence-electron chi connectivity index (χ1n) is 8.82. The van der Waals surface area contributed by atoms with Crippen molar-refractivity contribution in [1.29, 1.82) is 0 Å². The molecule has 0 radical (unpaired) electrons. The van der Waals surface area contributed by atoms with Gasteiger partial charge >= 0.3 is 6.55 Å². The van der Waals surface area contributed by atoms with E-state index in [9.17, 15) is 17.2 Å². The number of piperazine rings is 1. The third kappa shape index (κ3) is 4.37. The molecule has 0 spiro atoms. The van der Waals surface area contributed by atoms with E-state index in [0.29, 0.717) is 30.9 Å². The molecule has 0 aliphatic carbocycles. The maximum atomic E-state index is 13.0. The lowest BCUT2D eigenvalue weighted by Crippen LogP contribution is -2.48. The first-order chi connectivity index (χ1) is 12.7. The van der Waals surface area contributed by atoms with Crippen molar-refractivity contribution in [1.82, 2.24) is 19.0 Å². The average molecular weight is 435 g/mol. The Bertz CT molecular complexity index is 926. The van der Waals surface area contributed by atoms with E-state index in [0.717, 1.165) is 6.54 Å². The zero-order valence-corrected chi connectivity index (χ0v) is 17.7. The standard InChI is InChI=1S/C18H24F2N4O2S.ClH/c1-13-6-4-5-7-16(13)12-22-8-10-23(11-9-22)27(25,26)17-14(2)21-24(15(17)3)18(19)20;/h4-7,18H,8-12H2,1-3H3;1H. The van der Waals surface area contributed by atoms with Crippen LogP contribution in [0.1, 0.15) is 29.1 Å². The molecule has 6 nitrogen and oxygen atoms in total. The molecule has 2 aromatic rings. The summed E-state index contributed by atoms with van der Waals surface area (Å²) in [4.78, 5) is 2.10. The summed E-state index contributed by atoms with van der Waals surface area (Å²) < 4.78 is 53.9. The summed E-state index contributed by atoms with van der Waals surface area (Å²) in [6.07, 6.45) is 0. The molecule has 3 rings (SSSR count). The molecule has 156 valence electrons. The van der Waals surface area contributed by atoms with Crippen LogP contribution in [0.25, 0.3) is 0 Å². The van der Waals surface area contributed by atoms with E-state index in [1.165, 1.54) is 29.3 Å². The number of nitrogens with zero attached hydrogens (tertiary/aromatic N) is 4. The van der Waals surface area contributed by atoms with Crippen LogP contribution < -0.4 is 0 Å². The number of aryl methyl sites for hydroxylation is 2. The Hall–Kier alpha value is -1.55. The van der Waals surface area contributed by atoms with E-state index in [-0.39, 0.29) is 28.7 Å². The second kappa shape index (κ2) is 8.86. The molecule has 0 unspecified atom stereocenters. The maximum absolute atomic E-state index is 13.0. The van der Waals surface area contributed by atoms with Crippen LogP contribution in [0.2, 0.25) is 0 Å². The molecule has 1 aliphatic heterocycles. The summed E-state index contributed by atoms with van der Waals surface area (Å²) in [6.45, 7) is 4.62. The van der Waals surface area contributed by atoms with Gasteiger partial charge in [-0.3, -0.25) is 4.90 Å². The van der Waals surface area contributed by atoms with Crippen molar-refractivity contribution in [3.05, 3.63) is 46.8 Å². The molecule has 0 N–H and O–H groups in total. The average Bonchev–Trinajstić information content (AvgIpc) is 2.93. The minimum Gasteiger partial charge on any atom is -0.296 e. The molecule has 0 bridgehead atoms. The zero-order valence-electron chi connectivity index (χ0n) is 16.1. The van der Waals surface area contributed by atoms with Gasteiger partial charge in [0, 0.05) is 32.7 Å². The number of sulfonamides is 1. The molecule has 0 amide bonds. The number of hydrogen-bond acceptors (Lipinski definition) is 4. The monoisotopic (exact) mass is 434 g/mol. The van der Waals surface area contributed by atoms with Crippen molar-refractivity contribution in [2.45, 2.75) is 38.8 Å². The summed E-state index contributed by atoms with van der Waals surface area (Å²) >= 11 is 0. The number of halogens is 3. The Morgan fingerprint density at radius 1 is 1.07 bits per heavy atom. The smallest absolute Gasteiger partial charge is 0.296 e. The SMILES string of the molecule is Cc1ccccc1CN1CCN(S(=O)(=O)c2c(C)nn(C(F)F)c2C)CC1.Cl. The molecule has 1 aromatic carbocycles. The molecule has 1 aliphatic rings. The lowest BCUT2D eigenvalue weighted by Gasteiger charge is -2.34. The number of benzene rings is 1. The van der Waals surface area contributed by atoms with Crippen LogP contribution >= 0.6 is 12.4 Å². The summed E-state index contributed by atoms with van der Waals surface area (Å²) in [5, 5.41) is 3.70. The van der Waals surface area contributed by atoms with E-state index in [1.807, 2.05) is 12.1 Å². The molecule has 2 heterocycles. The Morgan fingerprint density at radius 3 is 2.21 bits per heavy atom. The Balaban J connectivity index is 0.00000280. The lowest BCUT2D eigenvalue weighted by atomic mass is 10.1. The maximum Gasteiger partial charge on any atom is 0.333 e. The highest BCUT2D eigenvalue weighted by atomic mass is 35.5. The Morgan fingerprint density at radius 2 is 1.68 bits per heavy atom. The van der Waals surface area contributed by atoms with Gasteiger partial charge in [-0.1, -0.05) is 24.3 Å². The molecule has 0 atom stereocenters. The third-order valence-electron chi connectivity index (χ3n) is 5.03. The Labute approximate surface area is 170 Å². The second-order valence-corrected chi connectivity index (χ2v) is 8.70. The van der Waals surface area contributed by atoms with E-state index >= 15 is 0 Å². The fraction of sp³-hybridized carbons (Fsp3) is 0.500. The number of hydrogen-bond donors (Lipinski definition) is 0. The van der Waals surface area contributed by atoms with Gasteiger partial charge < -0.3 is 0 Å². The van der Waals surface area contributed by atoms with Crippen LogP contribution in [-0.2, 0) is 16.6 Å². The van der Waals surface area contributed by atoms with Gasteiger partial charge in [-0.15, -0.1) is 12.4 Å². The molecule has 1 aromatic heterocycles. The van der Waals surface area contributed by atoms with Gasteiger partial charge in [0.25, 0.3) is 0 Å². The van der Waals surface area contributed by atoms with Crippen molar-refractivity contribution < 1.29 is 17.2 Å². The van der Waals surface area contributed by atoms with Gasteiger partial charge in [-0.25, -0.2) is 13.1 Å². The highest BCUT2D eigenvalue weighted by molar-refractivity contribution is 7.89. The van der Waals surface area contributed by atoms with Gasteiger partial charge in [0.05, 0.1) is 11.4 Å². The van der Waals surface area contributed by atoms with Crippen LogP contribution in [0.3, 0.4) is 0 Å². The van der Waals surface area contributed by atoms with Gasteiger partial charge in [0.15, 0.2) is 0 Å². The first kappa shape index (κ1) is 22.7. The first-order valence-corrected chi connectivity index (χ1v) is 10.3. The zero-order chi connectivity index (χ0) is 19.8. The fourth-order valence-electron chi connectivity index (χ4n) is 3.50. The van der Waals surface area contributed by atoms with Gasteiger partial charge in [0.2, 0.25) is 10.0 Å². The van der Waals surface area contributed by atoms with Crippen LogP contribution in [0.15, 0.2) is 29.2 Å². The van der Waals surface area contributed by atoms with Crippen LogP contribution in [0.5, 0.6) is 0 Å². The van der Waals surface area contributed by atoms with Crippen LogP contribution in [0, 0.1) is 20.8 Å². The topological polar surface area (TPSA) is 58.4 Å². The highest BCUT2D eigenvalue weighted by Crippen LogP contribution is 2.27. The second-order valence-electron chi connectivity index (χ2n) is 6.83. The van der Waals surface area contributed by atoms with Gasteiger partial charge in [-0.05, 0) is 31.9 Å². The van der Waals surface area contributed by atoms with E-state index in [2.05, 4.69) is 29.1 Å². The minimum absolute atomic E-state index is 0. The molecule has 1 saturated heterocycles. The van der Waals surface area contributed by atoms with Crippen molar-refractivity contribution in [2.24, 2.45) is 0 Å². The predicted octanol–water partition coefficient (Wildman–Crippen LogP) is 3.13. The molecular weight excluding hydrogens is 410 g/mol. The van der Waals surface area contributed by atoms with E-state index in [4.69, 9.17) is 0 Å². The van der Waals surface area contributed by atoms with Crippen molar-refractivity contribution in [2.75, 3.05) is 26.2 Å². The molecule has 1 fully saturated rings. The van der Waals surface area contributed by atoms with Crippen LogP contribution in [0.4, 0.5) is 8.78 Å².